The normalized spacial score (nSPS) is 23.8. The number of amides is 1. The lowest BCUT2D eigenvalue weighted by Gasteiger charge is -2.44. The van der Waals surface area contributed by atoms with Crippen molar-refractivity contribution in [3.05, 3.63) is 33.9 Å². The Kier molecular flexibility index (Phi) is 3.03. The molecule has 21 heavy (non-hydrogen) atoms. The van der Waals surface area contributed by atoms with Gasteiger partial charge in [0, 0.05) is 22.5 Å². The van der Waals surface area contributed by atoms with Crippen molar-refractivity contribution in [3.63, 3.8) is 0 Å². The summed E-state index contributed by atoms with van der Waals surface area (Å²) in [6.45, 7) is 1.94. The number of nitrogens with zero attached hydrogens (tertiary/aromatic N) is 3. The van der Waals surface area contributed by atoms with Crippen molar-refractivity contribution in [3.8, 4) is 11.3 Å². The van der Waals surface area contributed by atoms with Crippen LogP contribution >= 0.6 is 11.3 Å². The Bertz CT molecular complexity index is 683. The molecule has 0 radical (unpaired) electrons. The monoisotopic (exact) mass is 299 g/mol. The van der Waals surface area contributed by atoms with Crippen LogP contribution in [0.2, 0.25) is 0 Å². The maximum Gasteiger partial charge on any atom is 0.210 e. The molecule has 108 valence electrons. The molecular weight excluding hydrogens is 282 g/mol. The quantitative estimate of drug-likeness (QED) is 0.800. The van der Waals surface area contributed by atoms with Crippen LogP contribution in [-0.4, -0.2) is 27.3 Å². The van der Waals surface area contributed by atoms with Crippen LogP contribution in [-0.2, 0) is 11.2 Å². The molecule has 1 fully saturated rings. The highest BCUT2D eigenvalue weighted by atomic mass is 32.1. The van der Waals surface area contributed by atoms with E-state index in [1.165, 1.54) is 17.5 Å². The molecule has 4 heterocycles. The van der Waals surface area contributed by atoms with E-state index in [9.17, 15) is 4.79 Å². The molecule has 2 aromatic heterocycles. The van der Waals surface area contributed by atoms with E-state index in [0.29, 0.717) is 6.04 Å². The van der Waals surface area contributed by atoms with E-state index in [1.807, 2.05) is 11.8 Å². The summed E-state index contributed by atoms with van der Waals surface area (Å²) in [7, 11) is 0. The Labute approximate surface area is 127 Å². The topological polar surface area (TPSA) is 46.1 Å². The third-order valence-corrected chi connectivity index (χ3v) is 5.30. The van der Waals surface area contributed by atoms with Gasteiger partial charge in [-0.2, -0.15) is 11.3 Å². The van der Waals surface area contributed by atoms with Gasteiger partial charge in [-0.25, -0.2) is 9.97 Å². The van der Waals surface area contributed by atoms with Crippen LogP contribution in [0.3, 0.4) is 0 Å². The minimum atomic E-state index is 0.143. The van der Waals surface area contributed by atoms with Gasteiger partial charge in [0.05, 0.1) is 17.4 Å². The fraction of sp³-hybridized carbons (Fsp3) is 0.438. The molecule has 0 N–H and O–H groups in total. The van der Waals surface area contributed by atoms with Crippen LogP contribution in [0.15, 0.2) is 16.8 Å². The van der Waals surface area contributed by atoms with Crippen molar-refractivity contribution >= 4 is 17.7 Å². The molecule has 2 aromatic rings. The smallest absolute Gasteiger partial charge is 0.210 e. The fourth-order valence-electron chi connectivity index (χ4n) is 3.71. The lowest BCUT2D eigenvalue weighted by atomic mass is 9.82. The molecule has 0 aromatic carbocycles. The summed E-state index contributed by atoms with van der Waals surface area (Å²) in [6, 6.07) is 2.58. The summed E-state index contributed by atoms with van der Waals surface area (Å²) < 4.78 is 0. The predicted octanol–water partition coefficient (Wildman–Crippen LogP) is 3.12. The number of hydrogen-bond acceptors (Lipinski definition) is 4. The number of rotatable bonds is 2. The molecular formula is C16H17N3OS. The number of carbonyl (C=O) groups excluding carboxylic acids is 1. The van der Waals surface area contributed by atoms with Gasteiger partial charge in [-0.1, -0.05) is 0 Å². The molecule has 2 aliphatic heterocycles. The second-order valence-corrected chi connectivity index (χ2v) is 6.63. The molecule has 2 aliphatic rings. The van der Waals surface area contributed by atoms with Crippen LogP contribution in [0.4, 0.5) is 0 Å². The molecule has 0 spiro atoms. The molecule has 2 unspecified atom stereocenters. The van der Waals surface area contributed by atoms with Gasteiger partial charge in [-0.3, -0.25) is 4.79 Å². The summed E-state index contributed by atoms with van der Waals surface area (Å²) in [5.41, 5.74) is 4.58. The highest BCUT2D eigenvalue weighted by Crippen LogP contribution is 2.42. The van der Waals surface area contributed by atoms with E-state index in [0.717, 1.165) is 42.9 Å². The lowest BCUT2D eigenvalue weighted by molar-refractivity contribution is -0.125. The van der Waals surface area contributed by atoms with Crippen LogP contribution < -0.4 is 0 Å². The summed E-state index contributed by atoms with van der Waals surface area (Å²) in [6.07, 6.45) is 5.18. The minimum absolute atomic E-state index is 0.143. The van der Waals surface area contributed by atoms with Gasteiger partial charge in [0.1, 0.15) is 5.82 Å². The van der Waals surface area contributed by atoms with Crippen molar-refractivity contribution in [1.29, 1.82) is 0 Å². The number of thiophene rings is 1. The lowest BCUT2D eigenvalue weighted by Crippen LogP contribution is -2.46. The second kappa shape index (κ2) is 4.91. The van der Waals surface area contributed by atoms with E-state index >= 15 is 0 Å². The van der Waals surface area contributed by atoms with E-state index in [2.05, 4.69) is 16.8 Å². The first-order chi connectivity index (χ1) is 10.3. The fourth-order valence-corrected chi connectivity index (χ4v) is 4.35. The maximum atomic E-state index is 11.5. The Morgan fingerprint density at radius 1 is 1.38 bits per heavy atom. The molecule has 1 saturated heterocycles. The van der Waals surface area contributed by atoms with Crippen molar-refractivity contribution in [2.45, 2.75) is 44.7 Å². The summed E-state index contributed by atoms with van der Waals surface area (Å²) in [5.74, 6) is 0.796. The largest absolute Gasteiger partial charge is 0.333 e. The van der Waals surface area contributed by atoms with E-state index in [1.54, 1.807) is 11.3 Å². The highest BCUT2D eigenvalue weighted by molar-refractivity contribution is 7.08. The number of carbonyl (C=O) groups is 1. The van der Waals surface area contributed by atoms with E-state index < -0.39 is 0 Å². The molecule has 0 aliphatic carbocycles. The average molecular weight is 299 g/mol. The molecule has 2 bridgehead atoms. The standard InChI is InChI=1S/C16H17N3OS/c1-10-17-15(11-5-6-21-8-11)13-7-12-3-2-4-14(16(13)18-10)19(12)9-20/h5-6,8-9,12,14H,2-4,7H2,1H3. The SMILES string of the molecule is Cc1nc(-c2ccsc2)c2c(n1)C1CCCC(C2)N1C=O. The summed E-state index contributed by atoms with van der Waals surface area (Å²) in [5, 5.41) is 4.23. The van der Waals surface area contributed by atoms with Gasteiger partial charge < -0.3 is 4.90 Å². The van der Waals surface area contributed by atoms with E-state index in [4.69, 9.17) is 9.97 Å². The number of aryl methyl sites for hydroxylation is 1. The molecule has 1 amide bonds. The summed E-state index contributed by atoms with van der Waals surface area (Å²) in [4.78, 5) is 22.8. The van der Waals surface area contributed by atoms with Gasteiger partial charge in [-0.15, -0.1) is 0 Å². The second-order valence-electron chi connectivity index (χ2n) is 5.85. The molecule has 4 nitrogen and oxygen atoms in total. The molecule has 2 atom stereocenters. The van der Waals surface area contributed by atoms with Crippen LogP contribution in [0.25, 0.3) is 11.3 Å². The van der Waals surface area contributed by atoms with Crippen molar-refractivity contribution in [2.75, 3.05) is 0 Å². The van der Waals surface area contributed by atoms with Gasteiger partial charge in [0.2, 0.25) is 6.41 Å². The first kappa shape index (κ1) is 13.0. The maximum absolute atomic E-state index is 11.5. The minimum Gasteiger partial charge on any atom is -0.333 e. The van der Waals surface area contributed by atoms with Crippen LogP contribution in [0.1, 0.15) is 42.4 Å². The van der Waals surface area contributed by atoms with Crippen LogP contribution in [0.5, 0.6) is 0 Å². The third-order valence-electron chi connectivity index (χ3n) is 4.62. The Morgan fingerprint density at radius 3 is 3.05 bits per heavy atom. The van der Waals surface area contributed by atoms with Crippen molar-refractivity contribution in [1.82, 2.24) is 14.9 Å². The molecule has 4 rings (SSSR count). The number of piperidine rings is 1. The van der Waals surface area contributed by atoms with Crippen molar-refractivity contribution in [2.24, 2.45) is 0 Å². The average Bonchev–Trinajstić information content (AvgIpc) is 3.01. The zero-order valence-electron chi connectivity index (χ0n) is 12.0. The molecule has 0 saturated carbocycles. The van der Waals surface area contributed by atoms with Gasteiger partial charge in [0.25, 0.3) is 0 Å². The first-order valence-corrected chi connectivity index (χ1v) is 8.35. The third kappa shape index (κ3) is 1.99. The number of hydrogen-bond donors (Lipinski definition) is 0. The number of aromatic nitrogens is 2. The van der Waals surface area contributed by atoms with E-state index in [-0.39, 0.29) is 6.04 Å². The Hall–Kier alpha value is -1.75. The highest BCUT2D eigenvalue weighted by Gasteiger charge is 2.39. The Morgan fingerprint density at radius 2 is 2.29 bits per heavy atom. The van der Waals surface area contributed by atoms with Gasteiger partial charge >= 0.3 is 0 Å². The van der Waals surface area contributed by atoms with Gasteiger partial charge in [0.15, 0.2) is 0 Å². The molecule has 5 heteroatoms. The summed E-state index contributed by atoms with van der Waals surface area (Å²) >= 11 is 1.69. The van der Waals surface area contributed by atoms with Gasteiger partial charge in [-0.05, 0) is 44.1 Å². The zero-order chi connectivity index (χ0) is 14.4. The Balaban J connectivity index is 1.91. The van der Waals surface area contributed by atoms with Crippen LogP contribution in [0, 0.1) is 6.92 Å². The first-order valence-electron chi connectivity index (χ1n) is 7.40. The zero-order valence-corrected chi connectivity index (χ0v) is 12.8. The predicted molar refractivity (Wildman–Crippen MR) is 82.1 cm³/mol. The van der Waals surface area contributed by atoms with Crippen molar-refractivity contribution < 1.29 is 4.79 Å². The number of fused-ring (bicyclic) bond motifs is 4.